The van der Waals surface area contributed by atoms with Crippen LogP contribution in [0.5, 0.6) is 0 Å². The van der Waals surface area contributed by atoms with Crippen LogP contribution in [-0.4, -0.2) is 100.0 Å². The zero-order chi connectivity index (χ0) is 22.1. The van der Waals surface area contributed by atoms with Gasteiger partial charge in [-0.2, -0.15) is 0 Å². The summed E-state index contributed by atoms with van der Waals surface area (Å²) in [6.45, 7) is 17.5. The molecule has 0 aliphatic carbocycles. The minimum Gasteiger partial charge on any atom is -0.379 e. The van der Waals surface area contributed by atoms with Crippen molar-refractivity contribution in [2.45, 2.75) is 26.3 Å². The van der Waals surface area contributed by atoms with Crippen LogP contribution >= 0.6 is 24.0 Å². The second kappa shape index (κ2) is 13.5. The molecule has 2 saturated heterocycles. The Kier molecular flexibility index (Phi) is 11.4. The summed E-state index contributed by atoms with van der Waals surface area (Å²) in [7, 11) is 0. The first kappa shape index (κ1) is 27.1. The van der Waals surface area contributed by atoms with Crippen molar-refractivity contribution in [3.8, 4) is 0 Å². The standard InChI is InChI=1S/C23H39FN6O.HI/c1-4-25-22(27-19-23(2,3)30-15-17-31-18-16-30)26-9-10-28-11-13-29(14-12-28)21-7-5-20(24)6-8-21;/h5-8H,4,9-19H2,1-3H3,(H2,25,26,27);1H. The van der Waals surface area contributed by atoms with E-state index in [9.17, 15) is 4.39 Å². The van der Waals surface area contributed by atoms with E-state index in [1.165, 1.54) is 12.1 Å². The van der Waals surface area contributed by atoms with Crippen LogP contribution in [0, 0.1) is 5.82 Å². The van der Waals surface area contributed by atoms with E-state index in [0.29, 0.717) is 0 Å². The average Bonchev–Trinajstić information content (AvgIpc) is 2.79. The third kappa shape index (κ3) is 8.31. The lowest BCUT2D eigenvalue weighted by atomic mass is 10.0. The summed E-state index contributed by atoms with van der Waals surface area (Å²) >= 11 is 0. The van der Waals surface area contributed by atoms with E-state index in [1.54, 1.807) is 0 Å². The molecule has 2 aliphatic heterocycles. The Balaban J connectivity index is 0.00000363. The molecular weight excluding hydrogens is 522 g/mol. The number of halogens is 2. The molecule has 32 heavy (non-hydrogen) atoms. The van der Waals surface area contributed by atoms with Crippen LogP contribution < -0.4 is 15.5 Å². The van der Waals surface area contributed by atoms with E-state index < -0.39 is 0 Å². The van der Waals surface area contributed by atoms with Gasteiger partial charge in [-0.1, -0.05) is 0 Å². The minimum absolute atomic E-state index is 0. The van der Waals surface area contributed by atoms with Crippen LogP contribution in [0.15, 0.2) is 29.3 Å². The summed E-state index contributed by atoms with van der Waals surface area (Å²) in [5.41, 5.74) is 1.12. The van der Waals surface area contributed by atoms with Gasteiger partial charge in [0.2, 0.25) is 0 Å². The molecular formula is C23H40FIN6O. The largest absolute Gasteiger partial charge is 0.379 e. The number of nitrogens with zero attached hydrogens (tertiary/aromatic N) is 4. The van der Waals surface area contributed by atoms with Crippen molar-refractivity contribution in [3.05, 3.63) is 30.1 Å². The summed E-state index contributed by atoms with van der Waals surface area (Å²) in [5, 5.41) is 6.86. The molecule has 182 valence electrons. The quantitative estimate of drug-likeness (QED) is 0.288. The Bertz CT molecular complexity index is 688. The van der Waals surface area contributed by atoms with Gasteiger partial charge in [-0.25, -0.2) is 4.39 Å². The molecule has 0 bridgehead atoms. The molecule has 2 heterocycles. The zero-order valence-electron chi connectivity index (χ0n) is 19.8. The first-order valence-corrected chi connectivity index (χ1v) is 11.6. The molecule has 0 unspecified atom stereocenters. The van der Waals surface area contributed by atoms with Crippen molar-refractivity contribution in [2.24, 2.45) is 4.99 Å². The monoisotopic (exact) mass is 562 g/mol. The second-order valence-corrected chi connectivity index (χ2v) is 8.84. The maximum Gasteiger partial charge on any atom is 0.191 e. The van der Waals surface area contributed by atoms with Gasteiger partial charge >= 0.3 is 0 Å². The molecule has 7 nitrogen and oxygen atoms in total. The Hall–Kier alpha value is -1.17. The topological polar surface area (TPSA) is 55.4 Å². The van der Waals surface area contributed by atoms with E-state index in [1.807, 2.05) is 12.1 Å². The van der Waals surface area contributed by atoms with Crippen molar-refractivity contribution in [3.63, 3.8) is 0 Å². The Labute approximate surface area is 209 Å². The number of benzene rings is 1. The Morgan fingerprint density at radius 2 is 1.69 bits per heavy atom. The van der Waals surface area contributed by atoms with Gasteiger partial charge in [0.1, 0.15) is 5.82 Å². The molecule has 2 aliphatic rings. The normalized spacial score (nSPS) is 18.9. The molecule has 3 rings (SSSR count). The van der Waals surface area contributed by atoms with Crippen molar-refractivity contribution in [1.82, 2.24) is 20.4 Å². The molecule has 9 heteroatoms. The summed E-state index contributed by atoms with van der Waals surface area (Å²) in [4.78, 5) is 12.1. The van der Waals surface area contributed by atoms with Crippen molar-refractivity contribution < 1.29 is 9.13 Å². The number of nitrogens with one attached hydrogen (secondary N) is 2. The SMILES string of the molecule is CCNC(=NCC(C)(C)N1CCOCC1)NCCN1CCN(c2ccc(F)cc2)CC1.I. The van der Waals surface area contributed by atoms with Crippen LogP contribution in [0.4, 0.5) is 10.1 Å². The highest BCUT2D eigenvalue weighted by Gasteiger charge is 2.28. The van der Waals surface area contributed by atoms with Gasteiger partial charge in [0, 0.05) is 70.1 Å². The molecule has 1 aromatic carbocycles. The number of aliphatic imine (C=N–C) groups is 1. The van der Waals surface area contributed by atoms with Crippen LogP contribution in [-0.2, 0) is 4.74 Å². The van der Waals surface area contributed by atoms with Gasteiger partial charge < -0.3 is 20.3 Å². The zero-order valence-corrected chi connectivity index (χ0v) is 22.1. The van der Waals surface area contributed by atoms with Gasteiger partial charge in [0.25, 0.3) is 0 Å². The molecule has 2 N–H and O–H groups in total. The molecule has 0 saturated carbocycles. The average molecular weight is 563 g/mol. The summed E-state index contributed by atoms with van der Waals surface area (Å²) in [6.07, 6.45) is 0. The van der Waals surface area contributed by atoms with Crippen molar-refractivity contribution >= 4 is 35.6 Å². The fraction of sp³-hybridized carbons (Fsp3) is 0.696. The Morgan fingerprint density at radius 1 is 1.03 bits per heavy atom. The third-order valence-electron chi connectivity index (χ3n) is 6.12. The number of guanidine groups is 1. The van der Waals surface area contributed by atoms with Crippen LogP contribution in [0.25, 0.3) is 0 Å². The lowest BCUT2D eigenvalue weighted by Gasteiger charge is -2.40. The minimum atomic E-state index is -0.181. The molecule has 0 radical (unpaired) electrons. The number of hydrogen-bond acceptors (Lipinski definition) is 5. The predicted octanol–water partition coefficient (Wildman–Crippen LogP) is 2.23. The maximum absolute atomic E-state index is 13.1. The lowest BCUT2D eigenvalue weighted by Crippen LogP contribution is -2.52. The highest BCUT2D eigenvalue weighted by molar-refractivity contribution is 14.0. The van der Waals surface area contributed by atoms with E-state index >= 15 is 0 Å². The number of rotatable bonds is 8. The van der Waals surface area contributed by atoms with Crippen molar-refractivity contribution in [2.75, 3.05) is 83.6 Å². The first-order chi connectivity index (χ1) is 15.0. The van der Waals surface area contributed by atoms with E-state index in [4.69, 9.17) is 9.73 Å². The van der Waals surface area contributed by atoms with Gasteiger partial charge in [0.05, 0.1) is 19.8 Å². The van der Waals surface area contributed by atoms with E-state index in [0.717, 1.165) is 90.3 Å². The Morgan fingerprint density at radius 3 is 2.31 bits per heavy atom. The smallest absolute Gasteiger partial charge is 0.191 e. The van der Waals surface area contributed by atoms with Gasteiger partial charge in [-0.3, -0.25) is 14.8 Å². The fourth-order valence-corrected chi connectivity index (χ4v) is 4.10. The number of ether oxygens (including phenoxy) is 1. The van der Waals surface area contributed by atoms with Crippen molar-refractivity contribution in [1.29, 1.82) is 0 Å². The highest BCUT2D eigenvalue weighted by Crippen LogP contribution is 2.17. The van der Waals surface area contributed by atoms with Crippen LogP contribution in [0.1, 0.15) is 20.8 Å². The maximum atomic E-state index is 13.1. The molecule has 0 aromatic heterocycles. The number of morpholine rings is 1. The second-order valence-electron chi connectivity index (χ2n) is 8.84. The predicted molar refractivity (Wildman–Crippen MR) is 141 cm³/mol. The van der Waals surface area contributed by atoms with Gasteiger partial charge in [0.15, 0.2) is 5.96 Å². The molecule has 0 amide bonds. The van der Waals surface area contributed by atoms with Crippen LogP contribution in [0.2, 0.25) is 0 Å². The van der Waals surface area contributed by atoms with Crippen LogP contribution in [0.3, 0.4) is 0 Å². The summed E-state index contributed by atoms with van der Waals surface area (Å²) < 4.78 is 18.6. The van der Waals surface area contributed by atoms with E-state index in [2.05, 4.69) is 46.1 Å². The van der Waals surface area contributed by atoms with E-state index in [-0.39, 0.29) is 35.3 Å². The molecule has 0 spiro atoms. The highest BCUT2D eigenvalue weighted by atomic mass is 127. The summed E-state index contributed by atoms with van der Waals surface area (Å²) in [5.74, 6) is 0.703. The van der Waals surface area contributed by atoms with Gasteiger partial charge in [-0.05, 0) is 45.0 Å². The third-order valence-corrected chi connectivity index (χ3v) is 6.12. The number of piperazine rings is 1. The molecule has 0 atom stereocenters. The molecule has 2 fully saturated rings. The first-order valence-electron chi connectivity index (χ1n) is 11.6. The molecule has 1 aromatic rings. The number of hydrogen-bond donors (Lipinski definition) is 2. The number of anilines is 1. The van der Waals surface area contributed by atoms with Gasteiger partial charge in [-0.15, -0.1) is 24.0 Å². The summed E-state index contributed by atoms with van der Waals surface area (Å²) in [6, 6.07) is 6.80. The fourth-order valence-electron chi connectivity index (χ4n) is 4.10. The lowest BCUT2D eigenvalue weighted by molar-refractivity contribution is -0.00683.